The fourth-order valence-corrected chi connectivity index (χ4v) is 5.29. The Morgan fingerprint density at radius 3 is 2.09 bits per heavy atom. The van der Waals surface area contributed by atoms with E-state index in [1.54, 1.807) is 30.3 Å². The SMILES string of the molecule is O=C(CN(C(=O)c1ccc(Cl)c(Cl)c1)N1C(=O)[C@@H]2[C@H](C1=O)[C@H]1C=C[C@H]2C1)c1ccccc1. The summed E-state index contributed by atoms with van der Waals surface area (Å²) in [6.07, 6.45) is 4.71. The normalized spacial score (nSPS) is 25.4. The number of rotatable bonds is 5. The largest absolute Gasteiger partial charge is 0.292 e. The molecule has 2 aromatic rings. The number of halogens is 2. The maximum absolute atomic E-state index is 13.5. The van der Waals surface area contributed by atoms with Crippen LogP contribution in [-0.2, 0) is 9.59 Å². The molecule has 8 heteroatoms. The van der Waals surface area contributed by atoms with Gasteiger partial charge in [-0.15, -0.1) is 0 Å². The average molecular weight is 469 g/mol. The number of fused-ring (bicyclic) bond motifs is 5. The molecule has 1 aliphatic heterocycles. The van der Waals surface area contributed by atoms with Gasteiger partial charge in [0.25, 0.3) is 17.7 Å². The number of imide groups is 1. The van der Waals surface area contributed by atoms with Crippen molar-refractivity contribution in [2.24, 2.45) is 23.7 Å². The lowest BCUT2D eigenvalue weighted by molar-refractivity contribution is -0.154. The Morgan fingerprint density at radius 1 is 0.875 bits per heavy atom. The quantitative estimate of drug-likeness (QED) is 0.377. The zero-order valence-electron chi connectivity index (χ0n) is 16.8. The number of allylic oxidation sites excluding steroid dienone is 2. The second kappa shape index (κ2) is 7.87. The maximum Gasteiger partial charge on any atom is 0.273 e. The van der Waals surface area contributed by atoms with Crippen LogP contribution in [0.5, 0.6) is 0 Å². The minimum atomic E-state index is -0.671. The Kier molecular flexibility index (Phi) is 5.14. The Morgan fingerprint density at radius 2 is 1.50 bits per heavy atom. The predicted octanol–water partition coefficient (Wildman–Crippen LogP) is 4.04. The third kappa shape index (κ3) is 3.26. The van der Waals surface area contributed by atoms with Gasteiger partial charge in [0.2, 0.25) is 0 Å². The van der Waals surface area contributed by atoms with Gasteiger partial charge in [-0.05, 0) is 36.5 Å². The summed E-state index contributed by atoms with van der Waals surface area (Å²) in [5.41, 5.74) is 0.500. The van der Waals surface area contributed by atoms with Crippen LogP contribution in [0.4, 0.5) is 0 Å². The lowest BCUT2D eigenvalue weighted by Gasteiger charge is -2.31. The fraction of sp³-hybridized carbons (Fsp3) is 0.250. The van der Waals surface area contributed by atoms with Crippen molar-refractivity contribution in [1.82, 2.24) is 10.0 Å². The number of benzene rings is 2. The van der Waals surface area contributed by atoms with Gasteiger partial charge in [-0.1, -0.05) is 65.7 Å². The molecule has 3 aliphatic rings. The molecule has 0 radical (unpaired) electrons. The lowest BCUT2D eigenvalue weighted by atomic mass is 9.85. The number of nitrogens with zero attached hydrogens (tertiary/aromatic N) is 2. The van der Waals surface area contributed by atoms with Crippen LogP contribution in [0.1, 0.15) is 27.1 Å². The number of hydrogen-bond acceptors (Lipinski definition) is 4. The summed E-state index contributed by atoms with van der Waals surface area (Å²) in [6, 6.07) is 12.7. The smallest absolute Gasteiger partial charge is 0.273 e. The Bertz CT molecular complexity index is 1150. The highest BCUT2D eigenvalue weighted by atomic mass is 35.5. The van der Waals surface area contributed by atoms with E-state index in [0.717, 1.165) is 16.4 Å². The topological polar surface area (TPSA) is 74.8 Å². The van der Waals surface area contributed by atoms with Crippen LogP contribution in [0, 0.1) is 23.7 Å². The number of hydrazine groups is 1. The first-order valence-corrected chi connectivity index (χ1v) is 11.0. The third-order valence-electron chi connectivity index (χ3n) is 6.48. The summed E-state index contributed by atoms with van der Waals surface area (Å²) in [4.78, 5) is 53.1. The zero-order chi connectivity index (χ0) is 22.6. The molecule has 1 saturated heterocycles. The van der Waals surface area contributed by atoms with Gasteiger partial charge in [0.05, 0.1) is 21.9 Å². The second-order valence-electron chi connectivity index (χ2n) is 8.27. The molecule has 6 nitrogen and oxygen atoms in total. The van der Waals surface area contributed by atoms with E-state index >= 15 is 0 Å². The van der Waals surface area contributed by atoms with Gasteiger partial charge in [0.15, 0.2) is 5.78 Å². The molecule has 2 aromatic carbocycles. The van der Waals surface area contributed by atoms with Crippen LogP contribution in [0.15, 0.2) is 60.7 Å². The molecule has 0 N–H and O–H groups in total. The molecule has 0 aromatic heterocycles. The molecule has 5 rings (SSSR count). The van der Waals surface area contributed by atoms with Crippen molar-refractivity contribution in [2.45, 2.75) is 6.42 Å². The van der Waals surface area contributed by atoms with Crippen LogP contribution in [0.25, 0.3) is 0 Å². The van der Waals surface area contributed by atoms with Crippen LogP contribution < -0.4 is 0 Å². The first kappa shape index (κ1) is 20.9. The van der Waals surface area contributed by atoms with E-state index in [1.165, 1.54) is 18.2 Å². The summed E-state index contributed by atoms with van der Waals surface area (Å²) in [6.45, 7) is -0.456. The minimum absolute atomic E-state index is 0.0156. The highest BCUT2D eigenvalue weighted by molar-refractivity contribution is 6.42. The van der Waals surface area contributed by atoms with Crippen molar-refractivity contribution in [3.63, 3.8) is 0 Å². The second-order valence-corrected chi connectivity index (χ2v) is 9.08. The Balaban J connectivity index is 1.51. The van der Waals surface area contributed by atoms with Crippen LogP contribution in [0.2, 0.25) is 10.0 Å². The van der Waals surface area contributed by atoms with Crippen LogP contribution >= 0.6 is 23.2 Å². The number of hydrogen-bond donors (Lipinski definition) is 0. The minimum Gasteiger partial charge on any atom is -0.292 e. The summed E-state index contributed by atoms with van der Waals surface area (Å²) in [5.74, 6) is -2.96. The zero-order valence-corrected chi connectivity index (χ0v) is 18.3. The standard InChI is InChI=1S/C24H18Cl2N2O4/c25-17-9-8-16(11-18(17)26)22(30)27(12-19(29)13-4-2-1-3-5-13)28-23(31)20-14-6-7-15(10-14)21(20)24(28)32/h1-9,11,14-15,20-21H,10,12H2/t14-,15-,20-,21+/m0/s1. The highest BCUT2D eigenvalue weighted by Crippen LogP contribution is 2.52. The molecule has 3 amide bonds. The van der Waals surface area contributed by atoms with E-state index in [2.05, 4.69) is 0 Å². The number of Topliss-reactive ketones (excluding diaryl/α,β-unsaturated/α-hetero) is 1. The number of ketones is 1. The number of amides is 3. The Labute approximate surface area is 194 Å². The molecule has 2 bridgehead atoms. The van der Waals surface area contributed by atoms with Crippen molar-refractivity contribution >= 4 is 46.7 Å². The maximum atomic E-state index is 13.5. The average Bonchev–Trinajstić information content (AvgIpc) is 3.48. The summed E-state index contributed by atoms with van der Waals surface area (Å²) in [5, 5.41) is 2.26. The molecule has 162 valence electrons. The van der Waals surface area contributed by atoms with Gasteiger partial charge in [-0.3, -0.25) is 19.2 Å². The first-order valence-electron chi connectivity index (χ1n) is 10.3. The van der Waals surface area contributed by atoms with Crippen LogP contribution in [-0.4, -0.2) is 40.1 Å². The fourth-order valence-electron chi connectivity index (χ4n) is 4.99. The third-order valence-corrected chi connectivity index (χ3v) is 7.22. The molecular formula is C24H18Cl2N2O4. The van der Waals surface area contributed by atoms with E-state index in [1.807, 2.05) is 12.2 Å². The van der Waals surface area contributed by atoms with Gasteiger partial charge in [0.1, 0.15) is 6.54 Å². The number of carbonyl (C=O) groups is 4. The van der Waals surface area contributed by atoms with Crippen molar-refractivity contribution in [2.75, 3.05) is 6.54 Å². The van der Waals surface area contributed by atoms with Crippen molar-refractivity contribution < 1.29 is 19.2 Å². The molecule has 0 spiro atoms. The van der Waals surface area contributed by atoms with Crippen molar-refractivity contribution in [3.05, 3.63) is 81.9 Å². The first-order chi connectivity index (χ1) is 15.4. The van der Waals surface area contributed by atoms with Gasteiger partial charge >= 0.3 is 0 Å². The lowest BCUT2D eigenvalue weighted by Crippen LogP contribution is -2.52. The Hall–Kier alpha value is -2.96. The molecule has 2 aliphatic carbocycles. The monoisotopic (exact) mass is 468 g/mol. The van der Waals surface area contributed by atoms with E-state index < -0.39 is 41.9 Å². The molecule has 4 atom stereocenters. The molecule has 0 unspecified atom stereocenters. The van der Waals surface area contributed by atoms with E-state index in [9.17, 15) is 19.2 Å². The summed E-state index contributed by atoms with van der Waals surface area (Å²) in [7, 11) is 0. The summed E-state index contributed by atoms with van der Waals surface area (Å²) >= 11 is 12.1. The van der Waals surface area contributed by atoms with E-state index in [4.69, 9.17) is 23.2 Å². The van der Waals surface area contributed by atoms with Gasteiger partial charge in [-0.25, -0.2) is 5.01 Å². The van der Waals surface area contributed by atoms with Crippen molar-refractivity contribution in [3.8, 4) is 0 Å². The van der Waals surface area contributed by atoms with E-state index in [0.29, 0.717) is 5.56 Å². The van der Waals surface area contributed by atoms with Gasteiger partial charge in [-0.2, -0.15) is 5.01 Å². The van der Waals surface area contributed by atoms with Crippen molar-refractivity contribution in [1.29, 1.82) is 0 Å². The molecule has 1 heterocycles. The van der Waals surface area contributed by atoms with E-state index in [-0.39, 0.29) is 27.4 Å². The molecule has 32 heavy (non-hydrogen) atoms. The summed E-state index contributed by atoms with van der Waals surface area (Å²) < 4.78 is 0. The van der Waals surface area contributed by atoms with Gasteiger partial charge < -0.3 is 0 Å². The number of carbonyl (C=O) groups excluding carboxylic acids is 4. The molecule has 1 saturated carbocycles. The molecular weight excluding hydrogens is 451 g/mol. The predicted molar refractivity (Wildman–Crippen MR) is 118 cm³/mol. The molecule has 2 fully saturated rings. The highest BCUT2D eigenvalue weighted by Gasteiger charge is 2.61. The van der Waals surface area contributed by atoms with Crippen LogP contribution in [0.3, 0.4) is 0 Å². The van der Waals surface area contributed by atoms with Gasteiger partial charge in [0, 0.05) is 11.1 Å².